The minimum atomic E-state index is -4.02. The summed E-state index contributed by atoms with van der Waals surface area (Å²) in [7, 11) is -2.21. The lowest BCUT2D eigenvalue weighted by molar-refractivity contribution is -0.122. The Morgan fingerprint density at radius 2 is 1.84 bits per heavy atom. The number of fused-ring (bicyclic) bond motifs is 2. The molecule has 6 rings (SSSR count). The summed E-state index contributed by atoms with van der Waals surface area (Å²) >= 11 is 6.18. The summed E-state index contributed by atoms with van der Waals surface area (Å²) in [6, 6.07) is 15.6. The maximum Gasteiger partial charge on any atom is 0.294 e. The zero-order chi connectivity index (χ0) is 30.9. The number of hydrogen-bond acceptors (Lipinski definition) is 6. The van der Waals surface area contributed by atoms with Gasteiger partial charge in [0.2, 0.25) is 5.91 Å². The summed E-state index contributed by atoms with van der Waals surface area (Å²) in [5, 5.41) is 10.8. The summed E-state index contributed by atoms with van der Waals surface area (Å²) in [6.45, 7) is 2.21. The van der Waals surface area contributed by atoms with Gasteiger partial charge in [-0.2, -0.15) is 13.5 Å². The number of aryl methyl sites for hydroxylation is 2. The molecule has 2 amide bonds. The van der Waals surface area contributed by atoms with Gasteiger partial charge in [-0.3, -0.25) is 18.8 Å². The average molecular weight is 626 g/mol. The second kappa shape index (κ2) is 12.2. The molecule has 224 valence electrons. The van der Waals surface area contributed by atoms with E-state index in [0.29, 0.717) is 22.0 Å². The highest BCUT2D eigenvalue weighted by atomic mass is 35.5. The SMILES string of the molecule is Cc1ccc(S(=O)(=O)O)cc1.Cn1ncc2c1Nc1cc(Cl)ccc1N(C(=O)c1ccc(CNC(=O)C3CC3)c(F)c1)C2. The van der Waals surface area contributed by atoms with Crippen molar-refractivity contribution in [2.75, 3.05) is 10.2 Å². The highest BCUT2D eigenvalue weighted by Gasteiger charge is 2.30. The monoisotopic (exact) mass is 625 g/mol. The van der Waals surface area contributed by atoms with Gasteiger partial charge in [0.15, 0.2) is 0 Å². The second-order valence-corrected chi connectivity index (χ2v) is 12.3. The Kier molecular flexibility index (Phi) is 8.54. The van der Waals surface area contributed by atoms with Gasteiger partial charge in [-0.15, -0.1) is 0 Å². The molecule has 0 unspecified atom stereocenters. The second-order valence-electron chi connectivity index (χ2n) is 10.4. The van der Waals surface area contributed by atoms with E-state index < -0.39 is 15.9 Å². The van der Waals surface area contributed by atoms with E-state index in [1.54, 1.807) is 58.2 Å². The molecule has 0 saturated heterocycles. The van der Waals surface area contributed by atoms with Gasteiger partial charge in [0.25, 0.3) is 16.0 Å². The van der Waals surface area contributed by atoms with Crippen LogP contribution >= 0.6 is 11.6 Å². The largest absolute Gasteiger partial charge is 0.352 e. The van der Waals surface area contributed by atoms with Gasteiger partial charge >= 0.3 is 0 Å². The predicted octanol–water partition coefficient (Wildman–Crippen LogP) is 5.38. The molecule has 1 aliphatic heterocycles. The van der Waals surface area contributed by atoms with Crippen LogP contribution in [0.15, 0.2) is 71.8 Å². The summed E-state index contributed by atoms with van der Waals surface area (Å²) in [5.41, 5.74) is 3.64. The molecule has 10 nitrogen and oxygen atoms in total. The van der Waals surface area contributed by atoms with E-state index in [-0.39, 0.29) is 41.3 Å². The van der Waals surface area contributed by atoms with Crippen LogP contribution in [0.25, 0.3) is 0 Å². The first-order valence-corrected chi connectivity index (χ1v) is 15.2. The Morgan fingerprint density at radius 3 is 2.49 bits per heavy atom. The summed E-state index contributed by atoms with van der Waals surface area (Å²) in [4.78, 5) is 26.8. The van der Waals surface area contributed by atoms with Gasteiger partial charge < -0.3 is 15.5 Å². The number of halogens is 2. The molecular formula is C30H29ClFN5O5S. The lowest BCUT2D eigenvalue weighted by atomic mass is 10.1. The van der Waals surface area contributed by atoms with Gasteiger partial charge in [-0.1, -0.05) is 35.4 Å². The molecule has 4 aromatic rings. The van der Waals surface area contributed by atoms with E-state index in [1.807, 2.05) is 14.0 Å². The van der Waals surface area contributed by atoms with Crippen molar-refractivity contribution >= 4 is 50.7 Å². The minimum Gasteiger partial charge on any atom is -0.352 e. The Morgan fingerprint density at radius 1 is 1.12 bits per heavy atom. The van der Waals surface area contributed by atoms with Gasteiger partial charge in [-0.25, -0.2) is 4.39 Å². The molecule has 3 N–H and O–H groups in total. The topological polar surface area (TPSA) is 134 Å². The molecule has 1 fully saturated rings. The third-order valence-corrected chi connectivity index (χ3v) is 8.21. The fourth-order valence-electron chi connectivity index (χ4n) is 4.53. The number of aromatic nitrogens is 2. The van der Waals surface area contributed by atoms with E-state index in [1.165, 1.54) is 18.2 Å². The number of anilines is 3. The molecule has 1 saturated carbocycles. The minimum absolute atomic E-state index is 0.0517. The van der Waals surface area contributed by atoms with Gasteiger partial charge in [0, 0.05) is 41.2 Å². The van der Waals surface area contributed by atoms with Crippen molar-refractivity contribution in [2.45, 2.75) is 37.8 Å². The molecule has 0 atom stereocenters. The first-order chi connectivity index (χ1) is 20.4. The number of carbonyl (C=O) groups excluding carboxylic acids is 2. The highest BCUT2D eigenvalue weighted by molar-refractivity contribution is 7.85. The van der Waals surface area contributed by atoms with Crippen LogP contribution in [0.1, 0.15) is 39.9 Å². The molecule has 13 heteroatoms. The number of nitrogens with one attached hydrogen (secondary N) is 2. The van der Waals surface area contributed by atoms with E-state index in [4.69, 9.17) is 16.2 Å². The molecule has 0 spiro atoms. The van der Waals surface area contributed by atoms with Crippen LogP contribution in [0.4, 0.5) is 21.6 Å². The molecule has 0 radical (unpaired) electrons. The lowest BCUT2D eigenvalue weighted by Gasteiger charge is -2.23. The molecule has 0 bridgehead atoms. The molecule has 2 heterocycles. The van der Waals surface area contributed by atoms with Crippen LogP contribution in [-0.4, -0.2) is 34.6 Å². The maximum absolute atomic E-state index is 14.8. The molecule has 43 heavy (non-hydrogen) atoms. The zero-order valence-electron chi connectivity index (χ0n) is 23.3. The lowest BCUT2D eigenvalue weighted by Crippen LogP contribution is -2.30. The first kappa shape index (κ1) is 30.2. The van der Waals surface area contributed by atoms with Crippen LogP contribution in [-0.2, 0) is 35.0 Å². The number of hydrogen-bond donors (Lipinski definition) is 3. The van der Waals surface area contributed by atoms with Gasteiger partial charge in [-0.05, 0) is 62.2 Å². The van der Waals surface area contributed by atoms with Crippen LogP contribution in [0, 0.1) is 18.7 Å². The normalized spacial score (nSPS) is 13.9. The van der Waals surface area contributed by atoms with Crippen molar-refractivity contribution in [2.24, 2.45) is 13.0 Å². The Balaban J connectivity index is 0.000000283. The number of amides is 2. The Labute approximate surface area is 253 Å². The van der Waals surface area contributed by atoms with Crippen LogP contribution in [0.2, 0.25) is 5.02 Å². The smallest absolute Gasteiger partial charge is 0.294 e. The first-order valence-electron chi connectivity index (χ1n) is 13.4. The van der Waals surface area contributed by atoms with E-state index in [2.05, 4.69) is 15.7 Å². The Hall–Kier alpha value is -4.26. The van der Waals surface area contributed by atoms with Crippen molar-refractivity contribution in [3.8, 4) is 0 Å². The van der Waals surface area contributed by atoms with Crippen LogP contribution in [0.5, 0.6) is 0 Å². The number of rotatable bonds is 5. The van der Waals surface area contributed by atoms with Crippen LogP contribution < -0.4 is 15.5 Å². The average Bonchev–Trinajstić information content (AvgIpc) is 3.78. The van der Waals surface area contributed by atoms with Crippen LogP contribution in [0.3, 0.4) is 0 Å². The predicted molar refractivity (Wildman–Crippen MR) is 160 cm³/mol. The zero-order valence-corrected chi connectivity index (χ0v) is 24.9. The number of benzene rings is 3. The molecule has 2 aliphatic rings. The third kappa shape index (κ3) is 7.04. The number of carbonyl (C=O) groups is 2. The fourth-order valence-corrected chi connectivity index (χ4v) is 5.18. The van der Waals surface area contributed by atoms with Crippen molar-refractivity contribution < 1.29 is 27.0 Å². The van der Waals surface area contributed by atoms with Crippen molar-refractivity contribution in [3.05, 3.63) is 100.0 Å². The fraction of sp³-hybridized carbons (Fsp3) is 0.233. The maximum atomic E-state index is 14.8. The summed E-state index contributed by atoms with van der Waals surface area (Å²) in [6.07, 6.45) is 3.47. The standard InChI is InChI=1S/C23H21ClFN5O2.C7H8O3S/c1-29-21-16(11-27-29)12-30(20-7-6-17(24)9-19(20)28-21)23(32)14-4-5-15(18(25)8-14)10-26-22(31)13-2-3-13;1-6-2-4-7(5-3-6)11(8,9)10/h4-9,11,13,28H,2-3,10,12H2,1H3,(H,26,31);2-5H,1H3,(H,8,9,10). The van der Waals surface area contributed by atoms with Crippen molar-refractivity contribution in [1.29, 1.82) is 0 Å². The highest BCUT2D eigenvalue weighted by Crippen LogP contribution is 2.38. The van der Waals surface area contributed by atoms with Gasteiger partial charge in [0.05, 0.1) is 29.0 Å². The summed E-state index contributed by atoms with van der Waals surface area (Å²) in [5.74, 6) is -0.111. The molecule has 3 aromatic carbocycles. The third-order valence-electron chi connectivity index (χ3n) is 7.11. The molecule has 1 aliphatic carbocycles. The Bertz CT molecular complexity index is 1810. The molecular weight excluding hydrogens is 597 g/mol. The quantitative estimate of drug-likeness (QED) is 0.253. The van der Waals surface area contributed by atoms with Crippen molar-refractivity contribution in [3.63, 3.8) is 0 Å². The molecule has 1 aromatic heterocycles. The van der Waals surface area contributed by atoms with Gasteiger partial charge in [0.1, 0.15) is 11.6 Å². The summed E-state index contributed by atoms with van der Waals surface area (Å²) < 4.78 is 46.0. The van der Waals surface area contributed by atoms with Crippen molar-refractivity contribution in [1.82, 2.24) is 15.1 Å². The van der Waals surface area contributed by atoms with E-state index in [9.17, 15) is 22.4 Å². The number of nitrogens with zero attached hydrogens (tertiary/aromatic N) is 3. The van der Waals surface area contributed by atoms with E-state index >= 15 is 0 Å². The van der Waals surface area contributed by atoms with E-state index in [0.717, 1.165) is 29.8 Å².